The molecule has 1 aromatic carbocycles. The largest absolute Gasteiger partial charge is 0.586 e. The molecule has 2 aliphatic rings. The molecule has 1 saturated heterocycles. The number of halogens is 2. The van der Waals surface area contributed by atoms with Crippen molar-refractivity contribution in [3.63, 3.8) is 0 Å². The number of hydrogen-bond acceptors (Lipinski definition) is 8. The topological polar surface area (TPSA) is 103 Å². The molecule has 0 radical (unpaired) electrons. The lowest BCUT2D eigenvalue weighted by Crippen LogP contribution is -2.50. The van der Waals surface area contributed by atoms with Crippen molar-refractivity contribution in [1.29, 1.82) is 0 Å². The molecule has 3 heterocycles. The van der Waals surface area contributed by atoms with Crippen LogP contribution in [0.5, 0.6) is 17.5 Å². The number of nitrogens with zero attached hydrogens (tertiary/aromatic N) is 4. The van der Waals surface area contributed by atoms with E-state index in [-0.39, 0.29) is 41.6 Å². The van der Waals surface area contributed by atoms with Crippen LogP contribution in [-0.2, 0) is 9.53 Å². The molecule has 10 nitrogen and oxygen atoms in total. The maximum absolute atomic E-state index is 13.1. The number of alkyl halides is 2. The van der Waals surface area contributed by atoms with Gasteiger partial charge in [0.1, 0.15) is 12.3 Å². The molecule has 0 bridgehead atoms. The second kappa shape index (κ2) is 10.00. The van der Waals surface area contributed by atoms with Crippen LogP contribution < -0.4 is 14.2 Å². The van der Waals surface area contributed by atoms with Crippen molar-refractivity contribution >= 4 is 17.9 Å². The molecule has 4 rings (SSSR count). The fourth-order valence-electron chi connectivity index (χ4n) is 3.38. The predicted octanol–water partition coefficient (Wildman–Crippen LogP) is 1.82. The van der Waals surface area contributed by atoms with Crippen LogP contribution >= 0.6 is 0 Å². The van der Waals surface area contributed by atoms with Crippen LogP contribution in [0.25, 0.3) is 6.08 Å². The van der Waals surface area contributed by atoms with Gasteiger partial charge in [0.15, 0.2) is 11.5 Å². The second-order valence-corrected chi connectivity index (χ2v) is 7.39. The van der Waals surface area contributed by atoms with Gasteiger partial charge < -0.3 is 28.7 Å². The van der Waals surface area contributed by atoms with E-state index in [1.54, 1.807) is 23.0 Å². The highest BCUT2D eigenvalue weighted by atomic mass is 19.3. The summed E-state index contributed by atoms with van der Waals surface area (Å²) in [5.74, 6) is -0.694. The van der Waals surface area contributed by atoms with Crippen molar-refractivity contribution in [2.75, 3.05) is 46.5 Å². The van der Waals surface area contributed by atoms with Gasteiger partial charge in [0.05, 0.1) is 6.61 Å². The summed E-state index contributed by atoms with van der Waals surface area (Å²) in [6.07, 6.45) is 0.610. The van der Waals surface area contributed by atoms with E-state index >= 15 is 0 Å². The van der Waals surface area contributed by atoms with Crippen LogP contribution in [0.3, 0.4) is 0 Å². The lowest BCUT2D eigenvalue weighted by molar-refractivity contribution is -0.286. The average molecular weight is 476 g/mol. The number of amides is 2. The molecule has 2 aliphatic heterocycles. The highest BCUT2D eigenvalue weighted by molar-refractivity contribution is 5.94. The minimum absolute atomic E-state index is 0.0633. The van der Waals surface area contributed by atoms with Crippen LogP contribution in [0.15, 0.2) is 36.5 Å². The zero-order valence-electron chi connectivity index (χ0n) is 18.3. The van der Waals surface area contributed by atoms with Crippen LogP contribution in [-0.4, -0.2) is 84.4 Å². The standard InChI is InChI=1S/C22H22F2N4O6/c1-31-12-13-32-21-25-7-6-16(26-21)20(30)28-10-8-27(9-11-28)19(29)5-3-15-2-4-17-18(14-15)34-22(23,24)33-17/h2-7,14H,8-13H2,1H3. The van der Waals surface area contributed by atoms with Gasteiger partial charge in [0.25, 0.3) is 5.91 Å². The Morgan fingerprint density at radius 2 is 1.82 bits per heavy atom. The maximum Gasteiger partial charge on any atom is 0.586 e. The molecule has 0 N–H and O–H groups in total. The van der Waals surface area contributed by atoms with Gasteiger partial charge in [-0.15, -0.1) is 8.78 Å². The minimum atomic E-state index is -3.69. The Balaban J connectivity index is 1.29. The van der Waals surface area contributed by atoms with Crippen LogP contribution in [0.1, 0.15) is 16.1 Å². The summed E-state index contributed by atoms with van der Waals surface area (Å²) in [7, 11) is 1.55. The van der Waals surface area contributed by atoms with E-state index in [2.05, 4.69) is 19.4 Å². The molecule has 0 spiro atoms. The van der Waals surface area contributed by atoms with Gasteiger partial charge >= 0.3 is 12.3 Å². The van der Waals surface area contributed by atoms with E-state index in [1.807, 2.05) is 0 Å². The lowest BCUT2D eigenvalue weighted by Gasteiger charge is -2.34. The molecule has 34 heavy (non-hydrogen) atoms. The van der Waals surface area contributed by atoms with E-state index in [0.717, 1.165) is 0 Å². The average Bonchev–Trinajstić information content (AvgIpc) is 3.15. The number of rotatable bonds is 7. The number of carbonyl (C=O) groups excluding carboxylic acids is 2. The van der Waals surface area contributed by atoms with Crippen molar-refractivity contribution in [2.45, 2.75) is 6.29 Å². The number of hydrogen-bond donors (Lipinski definition) is 0. The fourth-order valence-corrected chi connectivity index (χ4v) is 3.38. The number of ether oxygens (including phenoxy) is 4. The number of fused-ring (bicyclic) bond motifs is 1. The molecule has 1 aromatic heterocycles. The first kappa shape index (κ1) is 23.4. The first-order valence-corrected chi connectivity index (χ1v) is 10.5. The van der Waals surface area contributed by atoms with E-state index in [1.165, 1.54) is 36.5 Å². The minimum Gasteiger partial charge on any atom is -0.461 e. The molecule has 2 amide bonds. The third-order valence-electron chi connectivity index (χ3n) is 5.09. The van der Waals surface area contributed by atoms with Gasteiger partial charge in [-0.3, -0.25) is 9.59 Å². The van der Waals surface area contributed by atoms with Crippen LogP contribution in [0.2, 0.25) is 0 Å². The van der Waals surface area contributed by atoms with Crippen LogP contribution in [0, 0.1) is 0 Å². The van der Waals surface area contributed by atoms with E-state index in [4.69, 9.17) is 9.47 Å². The summed E-state index contributed by atoms with van der Waals surface area (Å²) in [5, 5.41) is 0. The van der Waals surface area contributed by atoms with Crippen molar-refractivity contribution < 1.29 is 37.3 Å². The highest BCUT2D eigenvalue weighted by Gasteiger charge is 2.43. The molecule has 1 fully saturated rings. The molecule has 0 atom stereocenters. The molecular weight excluding hydrogens is 454 g/mol. The molecule has 180 valence electrons. The van der Waals surface area contributed by atoms with Gasteiger partial charge in [-0.25, -0.2) is 4.98 Å². The summed E-state index contributed by atoms with van der Waals surface area (Å²) in [4.78, 5) is 36.6. The Kier molecular flexibility index (Phi) is 6.87. The zero-order valence-corrected chi connectivity index (χ0v) is 18.3. The number of piperazine rings is 1. The van der Waals surface area contributed by atoms with Gasteiger partial charge in [-0.05, 0) is 29.8 Å². The molecule has 0 saturated carbocycles. The predicted molar refractivity (Wildman–Crippen MR) is 114 cm³/mol. The molecule has 12 heteroatoms. The number of aromatic nitrogens is 2. The summed E-state index contributed by atoms with van der Waals surface area (Å²) in [6.45, 7) is 1.98. The third kappa shape index (κ3) is 5.57. The maximum atomic E-state index is 13.1. The Labute approximate surface area is 193 Å². The van der Waals surface area contributed by atoms with Gasteiger partial charge in [0.2, 0.25) is 5.91 Å². The van der Waals surface area contributed by atoms with Gasteiger partial charge in [-0.2, -0.15) is 4.98 Å². The van der Waals surface area contributed by atoms with Crippen molar-refractivity contribution in [2.24, 2.45) is 0 Å². The van der Waals surface area contributed by atoms with Crippen molar-refractivity contribution in [3.05, 3.63) is 47.8 Å². The third-order valence-corrected chi connectivity index (χ3v) is 5.09. The summed E-state index contributed by atoms with van der Waals surface area (Å²) < 4.78 is 45.3. The monoisotopic (exact) mass is 476 g/mol. The molecular formula is C22H22F2N4O6. The van der Waals surface area contributed by atoms with E-state index in [9.17, 15) is 18.4 Å². The highest BCUT2D eigenvalue weighted by Crippen LogP contribution is 2.41. The van der Waals surface area contributed by atoms with E-state index in [0.29, 0.717) is 38.3 Å². The van der Waals surface area contributed by atoms with Crippen molar-refractivity contribution in [3.8, 4) is 17.5 Å². The molecule has 0 unspecified atom stereocenters. The lowest BCUT2D eigenvalue weighted by atomic mass is 10.2. The van der Waals surface area contributed by atoms with Gasteiger partial charge in [0, 0.05) is 45.6 Å². The SMILES string of the molecule is COCCOc1nccc(C(=O)N2CCN(C(=O)C=Cc3ccc4c(c3)OC(F)(F)O4)CC2)n1. The Bertz CT molecular complexity index is 1090. The second-order valence-electron chi connectivity index (χ2n) is 7.39. The Morgan fingerprint density at radius 3 is 2.59 bits per heavy atom. The summed E-state index contributed by atoms with van der Waals surface area (Å²) in [5.41, 5.74) is 0.713. The smallest absolute Gasteiger partial charge is 0.461 e. The number of carbonyl (C=O) groups is 2. The van der Waals surface area contributed by atoms with Gasteiger partial charge in [-0.1, -0.05) is 6.07 Å². The first-order chi connectivity index (χ1) is 16.3. The number of methoxy groups -OCH3 is 1. The quantitative estimate of drug-likeness (QED) is 0.441. The zero-order chi connectivity index (χ0) is 24.1. The molecule has 2 aromatic rings. The van der Waals surface area contributed by atoms with E-state index < -0.39 is 6.29 Å². The summed E-state index contributed by atoms with van der Waals surface area (Å²) in [6, 6.07) is 5.86. The Hall–Kier alpha value is -3.80. The normalized spacial score (nSPS) is 16.7. The van der Waals surface area contributed by atoms with Crippen LogP contribution in [0.4, 0.5) is 8.78 Å². The Morgan fingerprint density at radius 1 is 1.09 bits per heavy atom. The number of benzene rings is 1. The fraction of sp³-hybridized carbons (Fsp3) is 0.364. The molecule has 0 aliphatic carbocycles. The first-order valence-electron chi connectivity index (χ1n) is 10.5. The van der Waals surface area contributed by atoms with Crippen molar-refractivity contribution in [1.82, 2.24) is 19.8 Å². The summed E-state index contributed by atoms with van der Waals surface area (Å²) >= 11 is 0.